The molecule has 0 aliphatic carbocycles. The van der Waals surface area contributed by atoms with Gasteiger partial charge in [-0.05, 0) is 25.1 Å². The molecule has 3 heteroatoms. The lowest BCUT2D eigenvalue weighted by molar-refractivity contribution is 0.0976. The van der Waals surface area contributed by atoms with Crippen molar-refractivity contribution in [2.24, 2.45) is 4.99 Å². The number of hydrogen-bond donors (Lipinski definition) is 1. The van der Waals surface area contributed by atoms with Crippen LogP contribution in [0.1, 0.15) is 22.3 Å². The minimum Gasteiger partial charge on any atom is -0.310 e. The Kier molecular flexibility index (Phi) is 3.50. The fourth-order valence-electron chi connectivity index (χ4n) is 1.49. The fourth-order valence-corrected chi connectivity index (χ4v) is 1.49. The summed E-state index contributed by atoms with van der Waals surface area (Å²) < 4.78 is 0. The van der Waals surface area contributed by atoms with E-state index in [1.165, 1.54) is 0 Å². The summed E-state index contributed by atoms with van der Waals surface area (Å²) in [6, 6.07) is 7.47. The molecule has 1 aliphatic heterocycles. The first-order valence-electron chi connectivity index (χ1n) is 5.52. The molecule has 1 aliphatic rings. The predicted octanol–water partition coefficient (Wildman–Crippen LogP) is 2.60. The molecule has 1 heterocycles. The molecule has 0 saturated carbocycles. The zero-order chi connectivity index (χ0) is 12.1. The molecular weight excluding hydrogens is 212 g/mol. The fraction of sp³-hybridized carbons (Fsp3) is 0.143. The topological polar surface area (TPSA) is 41.5 Å². The molecule has 0 fully saturated rings. The van der Waals surface area contributed by atoms with Gasteiger partial charge in [0.2, 0.25) is 0 Å². The van der Waals surface area contributed by atoms with Crippen molar-refractivity contribution in [1.29, 1.82) is 0 Å². The van der Waals surface area contributed by atoms with Gasteiger partial charge < -0.3 is 5.32 Å². The molecule has 1 aromatic rings. The van der Waals surface area contributed by atoms with Gasteiger partial charge in [-0.15, -0.1) is 0 Å². The smallest absolute Gasteiger partial charge is 0.256 e. The van der Waals surface area contributed by atoms with E-state index in [0.29, 0.717) is 17.8 Å². The van der Waals surface area contributed by atoms with Crippen LogP contribution in [-0.2, 0) is 0 Å². The van der Waals surface area contributed by atoms with E-state index >= 15 is 0 Å². The average Bonchev–Trinajstić information content (AvgIpc) is 2.58. The Balaban J connectivity index is 2.06. The van der Waals surface area contributed by atoms with E-state index in [9.17, 15) is 4.79 Å². The van der Waals surface area contributed by atoms with Crippen molar-refractivity contribution >= 4 is 11.7 Å². The molecule has 0 bridgehead atoms. The summed E-state index contributed by atoms with van der Waals surface area (Å²) in [5, 5.41) is 2.80. The minimum absolute atomic E-state index is 0.118. The summed E-state index contributed by atoms with van der Waals surface area (Å²) in [5.41, 5.74) is 1.79. The van der Waals surface area contributed by atoms with Crippen LogP contribution in [-0.4, -0.2) is 11.7 Å². The highest BCUT2D eigenvalue weighted by atomic mass is 16.1. The molecule has 1 N–H and O–H groups in total. The molecule has 0 aromatic heterocycles. The second-order valence-corrected chi connectivity index (χ2v) is 3.87. The maximum absolute atomic E-state index is 11.9. The second kappa shape index (κ2) is 5.25. The van der Waals surface area contributed by atoms with Crippen LogP contribution < -0.4 is 5.32 Å². The number of aliphatic imine (C=N–C) groups is 1. The first-order chi connectivity index (χ1) is 8.25. The number of allylic oxidation sites excluding steroid dienone is 2. The van der Waals surface area contributed by atoms with Gasteiger partial charge >= 0.3 is 0 Å². The zero-order valence-electron chi connectivity index (χ0n) is 9.68. The van der Waals surface area contributed by atoms with Crippen LogP contribution in [0.5, 0.6) is 0 Å². The van der Waals surface area contributed by atoms with Gasteiger partial charge in [-0.1, -0.05) is 29.8 Å². The van der Waals surface area contributed by atoms with Crippen molar-refractivity contribution in [3.63, 3.8) is 0 Å². The number of nitrogens with one attached hydrogen (secondary N) is 1. The van der Waals surface area contributed by atoms with Gasteiger partial charge in [-0.25, -0.2) is 4.99 Å². The van der Waals surface area contributed by atoms with Crippen molar-refractivity contribution < 1.29 is 4.79 Å². The molecule has 0 unspecified atom stereocenters. The monoisotopic (exact) mass is 226 g/mol. The molecule has 0 spiro atoms. The molecule has 17 heavy (non-hydrogen) atoms. The standard InChI is InChI=1S/C14H14N2O/c1-11-6-8-12(9-7-11)14(17)16-13-5-3-2-4-10-15-13/h2-4,6-10H,5H2,1H3,(H,15,16,17). The van der Waals surface area contributed by atoms with Crippen LogP contribution >= 0.6 is 0 Å². The van der Waals surface area contributed by atoms with Gasteiger partial charge in [0.15, 0.2) is 0 Å². The summed E-state index contributed by atoms with van der Waals surface area (Å²) in [6.45, 7) is 1.99. The number of rotatable bonds is 1. The highest BCUT2D eigenvalue weighted by Gasteiger charge is 2.07. The van der Waals surface area contributed by atoms with Gasteiger partial charge in [-0.3, -0.25) is 4.79 Å². The zero-order valence-corrected chi connectivity index (χ0v) is 9.68. The highest BCUT2D eigenvalue weighted by molar-refractivity contribution is 6.06. The van der Waals surface area contributed by atoms with Crippen LogP contribution in [0.2, 0.25) is 0 Å². The number of carbonyl (C=O) groups is 1. The maximum Gasteiger partial charge on any atom is 0.256 e. The lowest BCUT2D eigenvalue weighted by Crippen LogP contribution is -2.29. The maximum atomic E-state index is 11.9. The van der Waals surface area contributed by atoms with Gasteiger partial charge in [-0.2, -0.15) is 0 Å². The van der Waals surface area contributed by atoms with Gasteiger partial charge in [0.05, 0.1) is 0 Å². The minimum atomic E-state index is -0.118. The van der Waals surface area contributed by atoms with Crippen LogP contribution in [0.3, 0.4) is 0 Å². The Morgan fingerprint density at radius 3 is 2.76 bits per heavy atom. The highest BCUT2D eigenvalue weighted by Crippen LogP contribution is 2.03. The number of amidine groups is 1. The van der Waals surface area contributed by atoms with E-state index in [1.54, 1.807) is 6.20 Å². The molecule has 0 radical (unpaired) electrons. The van der Waals surface area contributed by atoms with Crippen LogP contribution in [0.15, 0.2) is 53.7 Å². The number of nitrogens with zero attached hydrogens (tertiary/aromatic N) is 1. The summed E-state index contributed by atoms with van der Waals surface area (Å²) in [7, 11) is 0. The Morgan fingerprint density at radius 2 is 2.00 bits per heavy atom. The van der Waals surface area contributed by atoms with Crippen molar-refractivity contribution in [2.45, 2.75) is 13.3 Å². The third kappa shape index (κ3) is 3.14. The Hall–Kier alpha value is -2.16. The number of benzene rings is 1. The average molecular weight is 226 g/mol. The van der Waals surface area contributed by atoms with Crippen molar-refractivity contribution in [3.05, 3.63) is 59.8 Å². The van der Waals surface area contributed by atoms with Crippen molar-refractivity contribution in [3.8, 4) is 0 Å². The largest absolute Gasteiger partial charge is 0.310 e. The quantitative estimate of drug-likeness (QED) is 0.785. The summed E-state index contributed by atoms with van der Waals surface area (Å²) in [4.78, 5) is 16.0. The van der Waals surface area contributed by atoms with E-state index in [1.807, 2.05) is 49.4 Å². The van der Waals surface area contributed by atoms with E-state index in [2.05, 4.69) is 10.3 Å². The number of amides is 1. The van der Waals surface area contributed by atoms with E-state index < -0.39 is 0 Å². The second-order valence-electron chi connectivity index (χ2n) is 3.87. The van der Waals surface area contributed by atoms with E-state index in [-0.39, 0.29) is 5.91 Å². The molecule has 2 rings (SSSR count). The number of hydrogen-bond acceptors (Lipinski definition) is 2. The summed E-state index contributed by atoms with van der Waals surface area (Å²) in [6.07, 6.45) is 8.02. The lowest BCUT2D eigenvalue weighted by atomic mass is 10.1. The van der Waals surface area contributed by atoms with Crippen molar-refractivity contribution in [1.82, 2.24) is 5.32 Å². The van der Waals surface area contributed by atoms with Gasteiger partial charge in [0.25, 0.3) is 5.91 Å². The predicted molar refractivity (Wildman–Crippen MR) is 69.0 cm³/mol. The lowest BCUT2D eigenvalue weighted by Gasteiger charge is -2.06. The van der Waals surface area contributed by atoms with E-state index in [0.717, 1.165) is 5.56 Å². The third-order valence-corrected chi connectivity index (χ3v) is 2.45. The molecule has 0 atom stereocenters. The van der Waals surface area contributed by atoms with Gasteiger partial charge in [0, 0.05) is 18.2 Å². The first-order valence-corrected chi connectivity index (χ1v) is 5.52. The summed E-state index contributed by atoms with van der Waals surface area (Å²) in [5.74, 6) is 0.549. The van der Waals surface area contributed by atoms with E-state index in [4.69, 9.17) is 0 Å². The Morgan fingerprint density at radius 1 is 1.24 bits per heavy atom. The molecule has 3 nitrogen and oxygen atoms in total. The Bertz CT molecular complexity index is 495. The normalized spacial score (nSPS) is 14.1. The number of carbonyl (C=O) groups excluding carboxylic acids is 1. The molecule has 86 valence electrons. The third-order valence-electron chi connectivity index (χ3n) is 2.45. The van der Waals surface area contributed by atoms with Gasteiger partial charge in [0.1, 0.15) is 5.84 Å². The molecular formula is C14H14N2O. The molecule has 1 amide bonds. The molecule has 1 aromatic carbocycles. The first kappa shape index (κ1) is 11.3. The Labute approximate surface area is 101 Å². The van der Waals surface area contributed by atoms with Crippen LogP contribution in [0.4, 0.5) is 0 Å². The van der Waals surface area contributed by atoms with Crippen molar-refractivity contribution in [2.75, 3.05) is 0 Å². The number of aryl methyl sites for hydroxylation is 1. The van der Waals surface area contributed by atoms with Crippen LogP contribution in [0, 0.1) is 6.92 Å². The van der Waals surface area contributed by atoms with Crippen LogP contribution in [0.25, 0.3) is 0 Å². The SMILES string of the molecule is Cc1ccc(C(=O)NC2=NC=CC=CC2)cc1. The summed E-state index contributed by atoms with van der Waals surface area (Å²) >= 11 is 0. The molecule has 0 saturated heterocycles.